The van der Waals surface area contributed by atoms with Gasteiger partial charge in [0, 0.05) is 17.1 Å². The van der Waals surface area contributed by atoms with Crippen molar-refractivity contribution in [3.05, 3.63) is 63.9 Å². The molecule has 3 rings (SSSR count). The van der Waals surface area contributed by atoms with Crippen LogP contribution in [-0.2, 0) is 4.79 Å². The molecule has 0 aliphatic rings. The SMILES string of the molecule is N#Cc1cnn(-c2ccccn2)c1NC(=O)CCCOc1ccc(Br)cc1Cl. The van der Waals surface area contributed by atoms with E-state index >= 15 is 0 Å². The molecule has 0 aliphatic heterocycles. The maximum atomic E-state index is 12.3. The molecule has 0 radical (unpaired) electrons. The van der Waals surface area contributed by atoms with E-state index in [1.54, 1.807) is 36.5 Å². The summed E-state index contributed by atoms with van der Waals surface area (Å²) in [4.78, 5) is 16.5. The van der Waals surface area contributed by atoms with E-state index in [1.807, 2.05) is 12.1 Å². The zero-order chi connectivity index (χ0) is 19.9. The highest BCUT2D eigenvalue weighted by molar-refractivity contribution is 9.10. The molecule has 3 aromatic rings. The fourth-order valence-electron chi connectivity index (χ4n) is 2.40. The van der Waals surface area contributed by atoms with Gasteiger partial charge in [-0.15, -0.1) is 0 Å². The van der Waals surface area contributed by atoms with Crippen molar-refractivity contribution in [3.63, 3.8) is 0 Å². The van der Waals surface area contributed by atoms with E-state index in [-0.39, 0.29) is 17.9 Å². The molecule has 0 unspecified atom stereocenters. The molecule has 9 heteroatoms. The Bertz CT molecular complexity index is 1020. The highest BCUT2D eigenvalue weighted by Crippen LogP contribution is 2.27. The maximum absolute atomic E-state index is 12.3. The highest BCUT2D eigenvalue weighted by Gasteiger charge is 2.15. The molecule has 0 atom stereocenters. The third-order valence-electron chi connectivity index (χ3n) is 3.71. The van der Waals surface area contributed by atoms with E-state index in [0.717, 1.165) is 4.47 Å². The van der Waals surface area contributed by atoms with Crippen LogP contribution >= 0.6 is 27.5 Å². The number of ether oxygens (including phenoxy) is 1. The van der Waals surface area contributed by atoms with Crippen molar-refractivity contribution in [2.45, 2.75) is 12.8 Å². The number of hydrogen-bond acceptors (Lipinski definition) is 5. The number of pyridine rings is 1. The van der Waals surface area contributed by atoms with Crippen molar-refractivity contribution < 1.29 is 9.53 Å². The number of rotatable bonds is 7. The zero-order valence-electron chi connectivity index (χ0n) is 14.6. The van der Waals surface area contributed by atoms with Crippen molar-refractivity contribution in [2.75, 3.05) is 11.9 Å². The summed E-state index contributed by atoms with van der Waals surface area (Å²) in [5.41, 5.74) is 0.261. The second kappa shape index (κ2) is 9.35. The zero-order valence-corrected chi connectivity index (χ0v) is 16.9. The predicted octanol–water partition coefficient (Wildman–Crippen LogP) is 4.35. The van der Waals surface area contributed by atoms with Gasteiger partial charge in [-0.05, 0) is 36.8 Å². The smallest absolute Gasteiger partial charge is 0.225 e. The third kappa shape index (κ3) is 4.88. The number of aromatic nitrogens is 3. The van der Waals surface area contributed by atoms with Gasteiger partial charge in [0.1, 0.15) is 17.4 Å². The van der Waals surface area contributed by atoms with E-state index < -0.39 is 0 Å². The van der Waals surface area contributed by atoms with E-state index in [4.69, 9.17) is 16.3 Å². The van der Waals surface area contributed by atoms with Crippen LogP contribution in [0.3, 0.4) is 0 Å². The van der Waals surface area contributed by atoms with Crippen LogP contribution in [0.4, 0.5) is 5.82 Å². The van der Waals surface area contributed by atoms with Gasteiger partial charge in [0.2, 0.25) is 5.91 Å². The first kappa shape index (κ1) is 19.9. The van der Waals surface area contributed by atoms with Crippen molar-refractivity contribution in [1.29, 1.82) is 5.26 Å². The first-order valence-electron chi connectivity index (χ1n) is 8.35. The minimum atomic E-state index is -0.250. The predicted molar refractivity (Wildman–Crippen MR) is 109 cm³/mol. The number of nitriles is 1. The molecule has 28 heavy (non-hydrogen) atoms. The molecule has 1 amide bonds. The van der Waals surface area contributed by atoms with Crippen LogP contribution in [0.2, 0.25) is 5.02 Å². The molecule has 1 N–H and O–H groups in total. The van der Waals surface area contributed by atoms with E-state index in [9.17, 15) is 10.1 Å². The van der Waals surface area contributed by atoms with Crippen LogP contribution in [-0.4, -0.2) is 27.3 Å². The van der Waals surface area contributed by atoms with Gasteiger partial charge < -0.3 is 10.1 Å². The Morgan fingerprint density at radius 3 is 2.93 bits per heavy atom. The summed E-state index contributed by atoms with van der Waals surface area (Å²) in [6, 6.07) is 12.7. The fraction of sp³-hybridized carbons (Fsp3) is 0.158. The molecule has 0 saturated heterocycles. The lowest BCUT2D eigenvalue weighted by atomic mass is 10.3. The molecule has 0 fully saturated rings. The number of benzene rings is 1. The van der Waals surface area contributed by atoms with Crippen molar-refractivity contribution >= 4 is 39.3 Å². The van der Waals surface area contributed by atoms with Crippen LogP contribution in [0.5, 0.6) is 5.75 Å². The molecule has 0 saturated carbocycles. The van der Waals surface area contributed by atoms with Crippen LogP contribution in [0, 0.1) is 11.3 Å². The number of carbonyl (C=O) groups is 1. The van der Waals surface area contributed by atoms with E-state index in [0.29, 0.717) is 35.4 Å². The molecule has 0 spiro atoms. The summed E-state index contributed by atoms with van der Waals surface area (Å²) in [6.45, 7) is 0.333. The largest absolute Gasteiger partial charge is 0.492 e. The van der Waals surface area contributed by atoms with Gasteiger partial charge >= 0.3 is 0 Å². The Hall–Kier alpha value is -2.89. The molecule has 2 aromatic heterocycles. The lowest BCUT2D eigenvalue weighted by molar-refractivity contribution is -0.116. The summed E-state index contributed by atoms with van der Waals surface area (Å²) in [5, 5.41) is 16.6. The summed E-state index contributed by atoms with van der Waals surface area (Å²) in [5.74, 6) is 1.11. The molecular formula is C19H15BrClN5O2. The number of halogens is 2. The van der Waals surface area contributed by atoms with Crippen LogP contribution in [0.15, 0.2) is 53.3 Å². The lowest BCUT2D eigenvalue weighted by Crippen LogP contribution is -2.17. The molecule has 2 heterocycles. The Morgan fingerprint density at radius 1 is 1.36 bits per heavy atom. The number of nitrogens with zero attached hydrogens (tertiary/aromatic N) is 4. The van der Waals surface area contributed by atoms with Gasteiger partial charge in [0.05, 0.1) is 17.8 Å². The maximum Gasteiger partial charge on any atom is 0.225 e. The topological polar surface area (TPSA) is 92.8 Å². The Balaban J connectivity index is 1.58. The summed E-state index contributed by atoms with van der Waals surface area (Å²) in [7, 11) is 0. The van der Waals surface area contributed by atoms with Gasteiger partial charge in [0.15, 0.2) is 11.6 Å². The van der Waals surface area contributed by atoms with Gasteiger partial charge in [-0.2, -0.15) is 15.0 Å². The minimum Gasteiger partial charge on any atom is -0.492 e. The molecule has 0 aliphatic carbocycles. The van der Waals surface area contributed by atoms with Crippen molar-refractivity contribution in [1.82, 2.24) is 14.8 Å². The number of amides is 1. The van der Waals surface area contributed by atoms with Crippen LogP contribution in [0.1, 0.15) is 18.4 Å². The normalized spacial score (nSPS) is 10.3. The molecular weight excluding hydrogens is 446 g/mol. The molecule has 142 valence electrons. The average Bonchev–Trinajstić information content (AvgIpc) is 3.09. The number of hydrogen-bond donors (Lipinski definition) is 1. The van der Waals surface area contributed by atoms with Gasteiger partial charge in [0.25, 0.3) is 0 Å². The fourth-order valence-corrected chi connectivity index (χ4v) is 3.13. The standard InChI is InChI=1S/C19H15BrClN5O2/c20-14-6-7-16(15(21)10-14)28-9-3-5-18(27)25-19-13(11-22)12-24-26(19)17-4-1-2-8-23-17/h1-2,4,6-8,10,12H,3,5,9H2,(H,25,27). The molecule has 0 bridgehead atoms. The summed E-state index contributed by atoms with van der Waals surface area (Å²) >= 11 is 9.43. The van der Waals surface area contributed by atoms with E-state index in [2.05, 4.69) is 31.3 Å². The molecule has 1 aromatic carbocycles. The Morgan fingerprint density at radius 2 is 2.21 bits per heavy atom. The lowest BCUT2D eigenvalue weighted by Gasteiger charge is -2.10. The van der Waals surface area contributed by atoms with E-state index in [1.165, 1.54) is 10.9 Å². The Labute approximate surface area is 175 Å². The summed E-state index contributed by atoms with van der Waals surface area (Å²) in [6.07, 6.45) is 3.70. The third-order valence-corrected chi connectivity index (χ3v) is 4.50. The number of carbonyl (C=O) groups excluding carboxylic acids is 1. The number of nitrogens with one attached hydrogen (secondary N) is 1. The highest BCUT2D eigenvalue weighted by atomic mass is 79.9. The average molecular weight is 461 g/mol. The first-order valence-corrected chi connectivity index (χ1v) is 9.53. The number of anilines is 1. The second-order valence-electron chi connectivity index (χ2n) is 5.69. The molecule has 7 nitrogen and oxygen atoms in total. The van der Waals surface area contributed by atoms with Gasteiger partial charge in [-0.25, -0.2) is 4.98 Å². The van der Waals surface area contributed by atoms with Crippen LogP contribution in [0.25, 0.3) is 5.82 Å². The monoisotopic (exact) mass is 459 g/mol. The van der Waals surface area contributed by atoms with Crippen LogP contribution < -0.4 is 10.1 Å². The first-order chi connectivity index (χ1) is 13.6. The Kier molecular flexibility index (Phi) is 6.63. The summed E-state index contributed by atoms with van der Waals surface area (Å²) < 4.78 is 7.89. The minimum absolute atomic E-state index is 0.215. The van der Waals surface area contributed by atoms with Gasteiger partial charge in [-0.3, -0.25) is 4.79 Å². The van der Waals surface area contributed by atoms with Crippen molar-refractivity contribution in [3.8, 4) is 17.6 Å². The quantitative estimate of drug-likeness (QED) is 0.529. The second-order valence-corrected chi connectivity index (χ2v) is 7.02. The van der Waals surface area contributed by atoms with Crippen molar-refractivity contribution in [2.24, 2.45) is 0 Å². The van der Waals surface area contributed by atoms with Gasteiger partial charge in [-0.1, -0.05) is 33.6 Å².